The van der Waals surface area contributed by atoms with Crippen LogP contribution in [0.1, 0.15) is 13.8 Å². The van der Waals surface area contributed by atoms with Crippen molar-refractivity contribution in [3.63, 3.8) is 0 Å². The first-order valence-electron chi connectivity index (χ1n) is 2.36. The fourth-order valence-corrected chi connectivity index (χ4v) is 0.262. The van der Waals surface area contributed by atoms with Crippen molar-refractivity contribution in [3.8, 4) is 0 Å². The maximum Gasteiger partial charge on any atom is 0.375 e. The van der Waals surface area contributed by atoms with Crippen molar-refractivity contribution >= 4 is 11.8 Å². The van der Waals surface area contributed by atoms with Crippen molar-refractivity contribution in [2.45, 2.75) is 19.4 Å². The highest BCUT2D eigenvalue weighted by Gasteiger charge is 2.29. The lowest BCUT2D eigenvalue weighted by molar-refractivity contribution is -0.156. The quantitative estimate of drug-likeness (QED) is 0.492. The van der Waals surface area contributed by atoms with Gasteiger partial charge in [0.2, 0.25) is 0 Å². The number of carbonyl (C=O) groups is 2. The van der Waals surface area contributed by atoms with Gasteiger partial charge in [0.15, 0.2) is 0 Å². The Morgan fingerprint density at radius 3 is 1.67 bits per heavy atom. The summed E-state index contributed by atoms with van der Waals surface area (Å²) in [5.74, 6) is -2.80. The largest absolute Gasteiger partial charge is 0.475 e. The number of ketones is 1. The molecule has 0 aliphatic heterocycles. The molecule has 0 aliphatic rings. The van der Waals surface area contributed by atoms with E-state index in [1.807, 2.05) is 0 Å². The van der Waals surface area contributed by atoms with E-state index in [1.54, 1.807) is 0 Å². The van der Waals surface area contributed by atoms with Crippen LogP contribution in [0.2, 0.25) is 0 Å². The molecule has 0 rings (SSSR count). The third-order valence-electron chi connectivity index (χ3n) is 0.750. The van der Waals surface area contributed by atoms with Crippen LogP contribution in [0.5, 0.6) is 0 Å². The van der Waals surface area contributed by atoms with Crippen LogP contribution in [-0.4, -0.2) is 27.6 Å². The summed E-state index contributed by atoms with van der Waals surface area (Å²) in [6.45, 7) is 2.26. The third kappa shape index (κ3) is 2.23. The van der Waals surface area contributed by atoms with E-state index in [9.17, 15) is 9.59 Å². The molecule has 0 aromatic carbocycles. The van der Waals surface area contributed by atoms with Crippen molar-refractivity contribution in [2.75, 3.05) is 0 Å². The molecular formula is C5H8O4. The first kappa shape index (κ1) is 8.10. The predicted molar refractivity (Wildman–Crippen MR) is 28.9 cm³/mol. The molecule has 0 aromatic heterocycles. The lowest BCUT2D eigenvalue weighted by Gasteiger charge is -2.10. The molecule has 4 nitrogen and oxygen atoms in total. The molecule has 0 fully saturated rings. The van der Waals surface area contributed by atoms with Gasteiger partial charge >= 0.3 is 5.97 Å². The Balaban J connectivity index is 4.23. The second kappa shape index (κ2) is 2.14. The van der Waals surface area contributed by atoms with Gasteiger partial charge in [0.05, 0.1) is 0 Å². The summed E-state index contributed by atoms with van der Waals surface area (Å²) in [6.07, 6.45) is 0. The molecule has 0 spiro atoms. The Bertz CT molecular complexity index is 142. The van der Waals surface area contributed by atoms with Crippen LogP contribution >= 0.6 is 0 Å². The van der Waals surface area contributed by atoms with E-state index in [0.29, 0.717) is 0 Å². The Morgan fingerprint density at radius 2 is 1.67 bits per heavy atom. The molecule has 0 heterocycles. The van der Waals surface area contributed by atoms with Gasteiger partial charge in [-0.05, 0) is 13.8 Å². The zero-order valence-electron chi connectivity index (χ0n) is 5.21. The van der Waals surface area contributed by atoms with E-state index < -0.39 is 17.4 Å². The molecule has 0 aliphatic carbocycles. The number of Topliss-reactive ketones (excluding diaryl/α,β-unsaturated/α-hetero) is 1. The van der Waals surface area contributed by atoms with Gasteiger partial charge in [-0.25, -0.2) is 4.79 Å². The first-order chi connectivity index (χ1) is 3.85. The maximum atomic E-state index is 10.3. The highest BCUT2D eigenvalue weighted by Crippen LogP contribution is 2.01. The molecule has 0 atom stereocenters. The van der Waals surface area contributed by atoms with Gasteiger partial charge < -0.3 is 10.2 Å². The zero-order valence-corrected chi connectivity index (χ0v) is 5.21. The van der Waals surface area contributed by atoms with Crippen LogP contribution in [0, 0.1) is 0 Å². The van der Waals surface area contributed by atoms with Crippen LogP contribution in [0.3, 0.4) is 0 Å². The van der Waals surface area contributed by atoms with Gasteiger partial charge in [0.25, 0.3) is 5.78 Å². The molecule has 2 N–H and O–H groups in total. The van der Waals surface area contributed by atoms with Crippen LogP contribution in [0.15, 0.2) is 0 Å². The Labute approximate surface area is 52.1 Å². The third-order valence-corrected chi connectivity index (χ3v) is 0.750. The highest BCUT2D eigenvalue weighted by atomic mass is 16.4. The predicted octanol–water partition coefficient (Wildman–Crippen LogP) is -0.589. The highest BCUT2D eigenvalue weighted by molar-refractivity contribution is 6.35. The van der Waals surface area contributed by atoms with E-state index in [4.69, 9.17) is 10.2 Å². The lowest BCUT2D eigenvalue weighted by Crippen LogP contribution is -2.36. The number of rotatable bonds is 2. The summed E-state index contributed by atoms with van der Waals surface area (Å²) < 4.78 is 0. The van der Waals surface area contributed by atoms with Crippen molar-refractivity contribution in [1.82, 2.24) is 0 Å². The minimum Gasteiger partial charge on any atom is -0.475 e. The summed E-state index contributed by atoms with van der Waals surface area (Å²) in [4.78, 5) is 20.2. The topological polar surface area (TPSA) is 74.6 Å². The van der Waals surface area contributed by atoms with Crippen LogP contribution in [-0.2, 0) is 9.59 Å². The smallest absolute Gasteiger partial charge is 0.375 e. The summed E-state index contributed by atoms with van der Waals surface area (Å²) in [5, 5.41) is 16.7. The number of aliphatic carboxylic acids is 1. The second-order valence-electron chi connectivity index (χ2n) is 2.19. The fraction of sp³-hybridized carbons (Fsp3) is 0.600. The fourth-order valence-electron chi connectivity index (χ4n) is 0.262. The van der Waals surface area contributed by atoms with Gasteiger partial charge in [-0.1, -0.05) is 0 Å². The van der Waals surface area contributed by atoms with Crippen LogP contribution in [0.25, 0.3) is 0 Å². The number of hydrogen-bond donors (Lipinski definition) is 2. The van der Waals surface area contributed by atoms with Gasteiger partial charge in [0.1, 0.15) is 5.60 Å². The van der Waals surface area contributed by atoms with Crippen LogP contribution < -0.4 is 0 Å². The van der Waals surface area contributed by atoms with Gasteiger partial charge in [0, 0.05) is 0 Å². The maximum absolute atomic E-state index is 10.3. The van der Waals surface area contributed by atoms with E-state index in [0.717, 1.165) is 13.8 Å². The van der Waals surface area contributed by atoms with E-state index in [2.05, 4.69) is 0 Å². The molecule has 0 unspecified atom stereocenters. The number of aliphatic hydroxyl groups is 1. The number of carboxylic acids is 1. The molecule has 0 amide bonds. The van der Waals surface area contributed by atoms with Gasteiger partial charge in [-0.2, -0.15) is 0 Å². The van der Waals surface area contributed by atoms with E-state index in [-0.39, 0.29) is 0 Å². The van der Waals surface area contributed by atoms with Crippen molar-refractivity contribution < 1.29 is 19.8 Å². The monoisotopic (exact) mass is 132 g/mol. The molecule has 0 bridgehead atoms. The normalized spacial score (nSPS) is 11.0. The molecular weight excluding hydrogens is 124 g/mol. The Hall–Kier alpha value is -0.900. The lowest BCUT2D eigenvalue weighted by atomic mass is 10.1. The summed E-state index contributed by atoms with van der Waals surface area (Å²) >= 11 is 0. The van der Waals surface area contributed by atoms with Crippen molar-refractivity contribution in [1.29, 1.82) is 0 Å². The molecule has 9 heavy (non-hydrogen) atoms. The molecule has 52 valence electrons. The minimum absolute atomic E-state index is 1.13. The Kier molecular flexibility index (Phi) is 1.93. The molecule has 0 saturated heterocycles. The molecule has 0 radical (unpaired) electrons. The number of carbonyl (C=O) groups excluding carboxylic acids is 1. The molecule has 0 aromatic rings. The summed E-state index contributed by atoms with van der Waals surface area (Å²) in [6, 6.07) is 0. The summed E-state index contributed by atoms with van der Waals surface area (Å²) in [7, 11) is 0. The van der Waals surface area contributed by atoms with Crippen LogP contribution in [0.4, 0.5) is 0 Å². The van der Waals surface area contributed by atoms with Gasteiger partial charge in [-0.3, -0.25) is 4.79 Å². The minimum atomic E-state index is -1.76. The number of carboxylic acid groups (broad SMARTS) is 1. The summed E-state index contributed by atoms with van der Waals surface area (Å²) in [5.41, 5.74) is -1.76. The zero-order chi connectivity index (χ0) is 7.65. The second-order valence-corrected chi connectivity index (χ2v) is 2.19. The van der Waals surface area contributed by atoms with Crippen molar-refractivity contribution in [2.24, 2.45) is 0 Å². The van der Waals surface area contributed by atoms with Crippen molar-refractivity contribution in [3.05, 3.63) is 0 Å². The Morgan fingerprint density at radius 1 is 1.33 bits per heavy atom. The van der Waals surface area contributed by atoms with E-state index >= 15 is 0 Å². The average molecular weight is 132 g/mol. The standard InChI is InChI=1S/C5H8O4/c1-5(2,9)3(6)4(7)8/h9H,1-2H3,(H,7,8). The first-order valence-corrected chi connectivity index (χ1v) is 2.36. The number of hydrogen-bond acceptors (Lipinski definition) is 3. The van der Waals surface area contributed by atoms with E-state index in [1.165, 1.54) is 0 Å². The molecule has 0 saturated carbocycles. The SMILES string of the molecule is CC(C)(O)C(=O)C(=O)O. The average Bonchev–Trinajstić information content (AvgIpc) is 1.62. The molecule has 4 heteroatoms. The van der Waals surface area contributed by atoms with Gasteiger partial charge in [-0.15, -0.1) is 0 Å².